The molecule has 3 heterocycles. The molecule has 5 nitrogen and oxygen atoms in total. The Morgan fingerprint density at radius 1 is 1.00 bits per heavy atom. The maximum absolute atomic E-state index is 13.2. The van der Waals surface area contributed by atoms with E-state index >= 15 is 0 Å². The number of hydrogen-bond donors (Lipinski definition) is 0. The van der Waals surface area contributed by atoms with E-state index in [4.69, 9.17) is 0 Å². The number of hydrogen-bond acceptors (Lipinski definition) is 3. The second-order valence-electron chi connectivity index (χ2n) is 7.39. The number of nitrogens with zero attached hydrogens (tertiary/aromatic N) is 4. The van der Waals surface area contributed by atoms with E-state index in [9.17, 15) is 4.79 Å². The van der Waals surface area contributed by atoms with Crippen molar-refractivity contribution in [3.63, 3.8) is 0 Å². The van der Waals surface area contributed by atoms with Gasteiger partial charge in [-0.1, -0.05) is 11.6 Å². The Hall–Kier alpha value is -2.66. The summed E-state index contributed by atoms with van der Waals surface area (Å²) < 4.78 is 2.20. The average molecular weight is 362 g/mol. The Bertz CT molecular complexity index is 940. The highest BCUT2D eigenvalue weighted by atomic mass is 16.2. The molecule has 1 amide bonds. The van der Waals surface area contributed by atoms with Crippen LogP contribution in [0.15, 0.2) is 48.8 Å². The third kappa shape index (κ3) is 3.88. The number of aromatic nitrogens is 2. The molecule has 4 rings (SSSR count). The highest BCUT2D eigenvalue weighted by Gasteiger charge is 2.23. The Labute approximate surface area is 160 Å². The Balaban J connectivity index is 1.45. The van der Waals surface area contributed by atoms with E-state index in [1.165, 1.54) is 0 Å². The van der Waals surface area contributed by atoms with E-state index in [2.05, 4.69) is 52.0 Å². The highest BCUT2D eigenvalue weighted by molar-refractivity contribution is 6.06. The van der Waals surface area contributed by atoms with E-state index in [0.717, 1.165) is 67.0 Å². The van der Waals surface area contributed by atoms with Gasteiger partial charge in [0.1, 0.15) is 0 Å². The number of carbonyl (C=O) groups excluding carboxylic acids is 1. The van der Waals surface area contributed by atoms with Gasteiger partial charge in [0, 0.05) is 62.7 Å². The molecule has 0 spiro atoms. The first-order valence-corrected chi connectivity index (χ1v) is 9.60. The molecule has 3 aromatic rings. The SMILES string of the molecule is Cc1ccc2nc(C)cc(C(=O)N3CCN(CCn4cccc4)CC3)c2c1. The number of benzene rings is 1. The summed E-state index contributed by atoms with van der Waals surface area (Å²) in [4.78, 5) is 22.2. The quantitative estimate of drug-likeness (QED) is 0.716. The molecule has 0 saturated carbocycles. The maximum atomic E-state index is 13.2. The zero-order valence-electron chi connectivity index (χ0n) is 16.1. The van der Waals surface area contributed by atoms with Gasteiger partial charge in [0.2, 0.25) is 0 Å². The van der Waals surface area contributed by atoms with Crippen molar-refractivity contribution in [2.45, 2.75) is 20.4 Å². The fourth-order valence-electron chi connectivity index (χ4n) is 3.77. The van der Waals surface area contributed by atoms with Crippen LogP contribution in [0.4, 0.5) is 0 Å². The third-order valence-electron chi connectivity index (χ3n) is 5.32. The molecule has 0 atom stereocenters. The standard InChI is InChI=1S/C22H26N4O/c1-17-5-6-21-19(15-17)20(16-18(2)23-21)22(27)26-13-11-25(12-14-26)10-9-24-7-3-4-8-24/h3-8,15-16H,9-14H2,1-2H3. The van der Waals surface area contributed by atoms with Gasteiger partial charge in [0.25, 0.3) is 5.91 Å². The predicted molar refractivity (Wildman–Crippen MR) is 108 cm³/mol. The largest absolute Gasteiger partial charge is 0.353 e. The fraction of sp³-hybridized carbons (Fsp3) is 0.364. The zero-order chi connectivity index (χ0) is 18.8. The van der Waals surface area contributed by atoms with Crippen molar-refractivity contribution in [3.8, 4) is 0 Å². The molecule has 0 N–H and O–H groups in total. The molecule has 5 heteroatoms. The summed E-state index contributed by atoms with van der Waals surface area (Å²) >= 11 is 0. The van der Waals surface area contributed by atoms with E-state index < -0.39 is 0 Å². The molecule has 0 aliphatic carbocycles. The smallest absolute Gasteiger partial charge is 0.254 e. The normalized spacial score (nSPS) is 15.4. The molecule has 1 saturated heterocycles. The van der Waals surface area contributed by atoms with Crippen molar-refractivity contribution >= 4 is 16.8 Å². The van der Waals surface area contributed by atoms with E-state index in [-0.39, 0.29) is 5.91 Å². The van der Waals surface area contributed by atoms with Crippen LogP contribution in [0.25, 0.3) is 10.9 Å². The summed E-state index contributed by atoms with van der Waals surface area (Å²) in [5, 5.41) is 0.959. The second-order valence-corrected chi connectivity index (χ2v) is 7.39. The molecule has 27 heavy (non-hydrogen) atoms. The van der Waals surface area contributed by atoms with E-state index in [0.29, 0.717) is 0 Å². The second kappa shape index (κ2) is 7.53. The van der Waals surface area contributed by atoms with Crippen molar-refractivity contribution in [2.75, 3.05) is 32.7 Å². The van der Waals surface area contributed by atoms with Crippen LogP contribution in [-0.4, -0.2) is 58.0 Å². The lowest BCUT2D eigenvalue weighted by Crippen LogP contribution is -2.49. The van der Waals surface area contributed by atoms with Crippen LogP contribution in [0.1, 0.15) is 21.6 Å². The lowest BCUT2D eigenvalue weighted by molar-refractivity contribution is 0.0635. The van der Waals surface area contributed by atoms with Crippen LogP contribution >= 0.6 is 0 Å². The molecule has 1 aliphatic heterocycles. The average Bonchev–Trinajstić information content (AvgIpc) is 3.19. The number of aryl methyl sites for hydroxylation is 2. The molecule has 1 fully saturated rings. The summed E-state index contributed by atoms with van der Waals surface area (Å²) in [6.07, 6.45) is 4.19. The van der Waals surface area contributed by atoms with Gasteiger partial charge in [0.15, 0.2) is 0 Å². The lowest BCUT2D eigenvalue weighted by Gasteiger charge is -2.35. The van der Waals surface area contributed by atoms with Crippen molar-refractivity contribution in [2.24, 2.45) is 0 Å². The Morgan fingerprint density at radius 3 is 2.48 bits per heavy atom. The third-order valence-corrected chi connectivity index (χ3v) is 5.32. The predicted octanol–water partition coefficient (Wildman–Crippen LogP) is 3.11. The van der Waals surface area contributed by atoms with Crippen LogP contribution in [-0.2, 0) is 6.54 Å². The minimum atomic E-state index is 0.126. The van der Waals surface area contributed by atoms with Gasteiger partial charge >= 0.3 is 0 Å². The van der Waals surface area contributed by atoms with E-state index in [1.54, 1.807) is 0 Å². The van der Waals surface area contributed by atoms with Gasteiger partial charge in [-0.25, -0.2) is 0 Å². The topological polar surface area (TPSA) is 41.4 Å². The van der Waals surface area contributed by atoms with Crippen LogP contribution in [0, 0.1) is 13.8 Å². The van der Waals surface area contributed by atoms with Crippen molar-refractivity contribution in [1.29, 1.82) is 0 Å². The molecule has 1 aromatic carbocycles. The van der Waals surface area contributed by atoms with Crippen molar-refractivity contribution in [3.05, 3.63) is 65.6 Å². The zero-order valence-corrected chi connectivity index (χ0v) is 16.1. The highest BCUT2D eigenvalue weighted by Crippen LogP contribution is 2.22. The Kier molecular flexibility index (Phi) is 4.94. The molecular weight excluding hydrogens is 336 g/mol. The van der Waals surface area contributed by atoms with Gasteiger partial charge in [-0.2, -0.15) is 0 Å². The molecule has 1 aliphatic rings. The summed E-state index contributed by atoms with van der Waals surface area (Å²) in [6.45, 7) is 9.43. The van der Waals surface area contributed by atoms with Gasteiger partial charge in [0.05, 0.1) is 11.1 Å². The first-order valence-electron chi connectivity index (χ1n) is 9.60. The number of piperazine rings is 1. The monoisotopic (exact) mass is 362 g/mol. The summed E-state index contributed by atoms with van der Waals surface area (Å²) in [6, 6.07) is 12.2. The number of carbonyl (C=O) groups is 1. The van der Waals surface area contributed by atoms with Gasteiger partial charge in [-0.05, 0) is 44.2 Å². The molecule has 0 radical (unpaired) electrons. The van der Waals surface area contributed by atoms with E-state index in [1.807, 2.05) is 30.0 Å². The van der Waals surface area contributed by atoms with Crippen LogP contribution in [0.3, 0.4) is 0 Å². The lowest BCUT2D eigenvalue weighted by atomic mass is 10.0. The molecule has 0 bridgehead atoms. The number of amides is 1. The summed E-state index contributed by atoms with van der Waals surface area (Å²) in [5.74, 6) is 0.126. The first-order chi connectivity index (χ1) is 13.1. The summed E-state index contributed by atoms with van der Waals surface area (Å²) in [7, 11) is 0. The maximum Gasteiger partial charge on any atom is 0.254 e. The summed E-state index contributed by atoms with van der Waals surface area (Å²) in [5.41, 5.74) is 3.72. The van der Waals surface area contributed by atoms with Crippen molar-refractivity contribution < 1.29 is 4.79 Å². The number of pyridine rings is 1. The number of rotatable bonds is 4. The minimum Gasteiger partial charge on any atom is -0.353 e. The van der Waals surface area contributed by atoms with Gasteiger partial charge < -0.3 is 9.47 Å². The van der Waals surface area contributed by atoms with Crippen LogP contribution < -0.4 is 0 Å². The molecular formula is C22H26N4O. The molecule has 140 valence electrons. The van der Waals surface area contributed by atoms with Gasteiger partial charge in [-0.3, -0.25) is 14.7 Å². The van der Waals surface area contributed by atoms with Crippen LogP contribution in [0.2, 0.25) is 0 Å². The van der Waals surface area contributed by atoms with Gasteiger partial charge in [-0.15, -0.1) is 0 Å². The minimum absolute atomic E-state index is 0.126. The molecule has 0 unspecified atom stereocenters. The fourth-order valence-corrected chi connectivity index (χ4v) is 3.77. The first kappa shape index (κ1) is 17.7. The number of fused-ring (bicyclic) bond motifs is 1. The van der Waals surface area contributed by atoms with Crippen LogP contribution in [0.5, 0.6) is 0 Å². The molecule has 2 aromatic heterocycles. The Morgan fingerprint density at radius 2 is 1.74 bits per heavy atom. The van der Waals surface area contributed by atoms with Crippen molar-refractivity contribution in [1.82, 2.24) is 19.4 Å².